The van der Waals surface area contributed by atoms with Crippen LogP contribution in [0, 0.1) is 6.07 Å². The van der Waals surface area contributed by atoms with Gasteiger partial charge in [-0.25, -0.2) is 0 Å². The first kappa shape index (κ1) is 15.8. The molecule has 0 aromatic heterocycles. The summed E-state index contributed by atoms with van der Waals surface area (Å²) in [6.07, 6.45) is -0.295. The Hall–Kier alpha value is 0.386. The zero-order valence-corrected chi connectivity index (χ0v) is 10.8. The Morgan fingerprint density at radius 2 is 1.85 bits per heavy atom. The van der Waals surface area contributed by atoms with Crippen LogP contribution < -0.4 is 17.0 Å². The largest absolute Gasteiger partial charge is 2.00 e. The zero-order valence-electron chi connectivity index (χ0n) is 7.79. The van der Waals surface area contributed by atoms with E-state index >= 15 is 0 Å². The van der Waals surface area contributed by atoms with Crippen LogP contribution in [0.3, 0.4) is 0 Å². The van der Waals surface area contributed by atoms with Crippen molar-refractivity contribution in [3.8, 4) is 0 Å². The molecule has 0 atom stereocenters. The monoisotopic (exact) mass is 254 g/mol. The van der Waals surface area contributed by atoms with E-state index < -0.39 is 0 Å². The first-order valence-corrected chi connectivity index (χ1v) is 3.40. The Labute approximate surface area is 106 Å². The van der Waals surface area contributed by atoms with Crippen LogP contribution in [0.15, 0.2) is 24.3 Å². The molecule has 0 saturated carbocycles. The number of hydrogen-bond acceptors (Lipinski definition) is 2. The molecule has 0 fully saturated rings. The molecule has 13 heavy (non-hydrogen) atoms. The molecule has 0 saturated heterocycles. The van der Waals surface area contributed by atoms with E-state index in [0.29, 0.717) is 0 Å². The molecule has 0 aliphatic carbocycles. The van der Waals surface area contributed by atoms with Crippen molar-refractivity contribution < 1.29 is 26.5 Å². The van der Waals surface area contributed by atoms with Crippen molar-refractivity contribution in [2.45, 2.75) is 6.29 Å². The molecular formula is C9H11BrMgO2. The Bertz CT molecular complexity index is 202. The van der Waals surface area contributed by atoms with Crippen LogP contribution in [0.1, 0.15) is 11.9 Å². The Balaban J connectivity index is 0. The molecule has 0 N–H and O–H groups in total. The maximum absolute atomic E-state index is 5.03. The van der Waals surface area contributed by atoms with Gasteiger partial charge in [-0.2, -0.15) is 30.3 Å². The minimum absolute atomic E-state index is 0. The minimum atomic E-state index is -0.295. The number of halogens is 1. The zero-order chi connectivity index (χ0) is 8.10. The van der Waals surface area contributed by atoms with Crippen molar-refractivity contribution in [1.82, 2.24) is 0 Å². The molecule has 4 heteroatoms. The van der Waals surface area contributed by atoms with Gasteiger partial charge in [0, 0.05) is 14.2 Å². The molecule has 1 rings (SSSR count). The standard InChI is InChI=1S/C9H11O2.BrH.Mg/c1-10-9(11-2)8-6-4-3-5-7-8;;/h3-6,9H,1-2H3;1H;/q-1;;+2/p-1. The molecule has 0 unspecified atom stereocenters. The number of rotatable bonds is 3. The third-order valence-electron chi connectivity index (χ3n) is 1.42. The molecule has 1 aromatic rings. The number of ether oxygens (including phenoxy) is 2. The molecule has 0 aliphatic rings. The molecule has 68 valence electrons. The van der Waals surface area contributed by atoms with E-state index in [1.165, 1.54) is 0 Å². The van der Waals surface area contributed by atoms with Crippen molar-refractivity contribution in [2.24, 2.45) is 0 Å². The number of methoxy groups -OCH3 is 2. The van der Waals surface area contributed by atoms with Crippen molar-refractivity contribution in [3.63, 3.8) is 0 Å². The van der Waals surface area contributed by atoms with Gasteiger partial charge in [0.15, 0.2) is 6.29 Å². The molecule has 0 amide bonds. The van der Waals surface area contributed by atoms with Crippen molar-refractivity contribution in [1.29, 1.82) is 0 Å². The van der Waals surface area contributed by atoms with Crippen LogP contribution in [-0.2, 0) is 9.47 Å². The molecule has 0 radical (unpaired) electrons. The minimum Gasteiger partial charge on any atom is -1.00 e. The molecule has 0 spiro atoms. The fourth-order valence-electron chi connectivity index (χ4n) is 0.904. The van der Waals surface area contributed by atoms with Gasteiger partial charge in [0.2, 0.25) is 0 Å². The van der Waals surface area contributed by atoms with Crippen molar-refractivity contribution >= 4 is 23.1 Å². The van der Waals surface area contributed by atoms with E-state index in [1.54, 1.807) is 14.2 Å². The van der Waals surface area contributed by atoms with Gasteiger partial charge in [-0.1, -0.05) is 0 Å². The number of hydrogen-bond donors (Lipinski definition) is 0. The quantitative estimate of drug-likeness (QED) is 0.368. The second kappa shape index (κ2) is 8.96. The Morgan fingerprint density at radius 3 is 2.23 bits per heavy atom. The summed E-state index contributed by atoms with van der Waals surface area (Å²) < 4.78 is 10.1. The van der Waals surface area contributed by atoms with Gasteiger partial charge in [-0.05, 0) is 0 Å². The summed E-state index contributed by atoms with van der Waals surface area (Å²) in [5.74, 6) is 0. The molecule has 1 aromatic carbocycles. The molecule has 0 bridgehead atoms. The predicted molar refractivity (Wildman–Crippen MR) is 47.8 cm³/mol. The SMILES string of the molecule is COC(OC)c1[c-]cccc1.[Br-].[Mg+2]. The van der Waals surface area contributed by atoms with Gasteiger partial charge in [-0.15, -0.1) is 5.56 Å². The van der Waals surface area contributed by atoms with E-state index in [2.05, 4.69) is 6.07 Å². The van der Waals surface area contributed by atoms with Gasteiger partial charge in [0.1, 0.15) is 0 Å². The third-order valence-corrected chi connectivity index (χ3v) is 1.42. The van der Waals surface area contributed by atoms with E-state index in [0.717, 1.165) is 5.56 Å². The predicted octanol–water partition coefficient (Wildman–Crippen LogP) is -1.60. The summed E-state index contributed by atoms with van der Waals surface area (Å²) in [5, 5.41) is 0. The maximum Gasteiger partial charge on any atom is 2.00 e. The first-order chi connectivity index (χ1) is 5.38. The molecule has 0 aliphatic heterocycles. The topological polar surface area (TPSA) is 18.5 Å². The smallest absolute Gasteiger partial charge is 1.00 e. The van der Waals surface area contributed by atoms with E-state index in [1.807, 2.05) is 24.3 Å². The summed E-state index contributed by atoms with van der Waals surface area (Å²) in [4.78, 5) is 0. The first-order valence-electron chi connectivity index (χ1n) is 3.40. The third kappa shape index (κ3) is 4.98. The van der Waals surface area contributed by atoms with E-state index in [4.69, 9.17) is 9.47 Å². The second-order valence-corrected chi connectivity index (χ2v) is 2.12. The summed E-state index contributed by atoms with van der Waals surface area (Å²) >= 11 is 0. The second-order valence-electron chi connectivity index (χ2n) is 2.12. The van der Waals surface area contributed by atoms with Crippen LogP contribution in [0.25, 0.3) is 0 Å². The summed E-state index contributed by atoms with van der Waals surface area (Å²) in [6, 6.07) is 10.6. The average Bonchev–Trinajstić information content (AvgIpc) is 2.09. The van der Waals surface area contributed by atoms with Gasteiger partial charge >= 0.3 is 23.1 Å². The normalized spacial score (nSPS) is 8.85. The molecular weight excluding hydrogens is 244 g/mol. The Kier molecular flexibility index (Phi) is 10.9. The average molecular weight is 255 g/mol. The van der Waals surface area contributed by atoms with Crippen LogP contribution in [-0.4, -0.2) is 37.3 Å². The summed E-state index contributed by atoms with van der Waals surface area (Å²) in [6.45, 7) is 0. The summed E-state index contributed by atoms with van der Waals surface area (Å²) in [7, 11) is 3.21. The Morgan fingerprint density at radius 1 is 1.23 bits per heavy atom. The molecule has 2 nitrogen and oxygen atoms in total. The van der Waals surface area contributed by atoms with Crippen molar-refractivity contribution in [3.05, 3.63) is 35.9 Å². The fraction of sp³-hybridized carbons (Fsp3) is 0.333. The fourth-order valence-corrected chi connectivity index (χ4v) is 0.904. The van der Waals surface area contributed by atoms with Gasteiger partial charge < -0.3 is 26.5 Å². The maximum atomic E-state index is 5.03. The van der Waals surface area contributed by atoms with Gasteiger partial charge in [0.05, 0.1) is 0 Å². The van der Waals surface area contributed by atoms with Crippen molar-refractivity contribution in [2.75, 3.05) is 14.2 Å². The molecule has 0 heterocycles. The van der Waals surface area contributed by atoms with Crippen LogP contribution in [0.5, 0.6) is 0 Å². The van der Waals surface area contributed by atoms with Crippen LogP contribution in [0.2, 0.25) is 0 Å². The number of benzene rings is 1. The summed E-state index contributed by atoms with van der Waals surface area (Å²) in [5.41, 5.74) is 0.914. The van der Waals surface area contributed by atoms with Gasteiger partial charge in [-0.3, -0.25) is 0 Å². The van der Waals surface area contributed by atoms with E-state index in [9.17, 15) is 0 Å². The van der Waals surface area contributed by atoms with Crippen LogP contribution >= 0.6 is 0 Å². The van der Waals surface area contributed by atoms with E-state index in [-0.39, 0.29) is 46.3 Å². The van der Waals surface area contributed by atoms with Crippen LogP contribution in [0.4, 0.5) is 0 Å². The van der Waals surface area contributed by atoms with Gasteiger partial charge in [0.25, 0.3) is 0 Å².